The Labute approximate surface area is 260 Å². The fourth-order valence-electron chi connectivity index (χ4n) is 4.74. The second kappa shape index (κ2) is 11.6. The van der Waals surface area contributed by atoms with Crippen LogP contribution >= 0.6 is 46.1 Å². The molecule has 5 aromatic rings. The summed E-state index contributed by atoms with van der Waals surface area (Å²) >= 11 is 20.0. The van der Waals surface area contributed by atoms with Crippen molar-refractivity contribution in [3.05, 3.63) is 133 Å². The van der Waals surface area contributed by atoms with Crippen LogP contribution in [0.5, 0.6) is 17.2 Å². The summed E-state index contributed by atoms with van der Waals surface area (Å²) in [6.45, 7) is 0.436. The molecule has 1 aliphatic rings. The number of fused-ring (bicyclic) bond motifs is 2. The number of nitrogens with zero attached hydrogens (tertiary/aromatic N) is 1. The number of ether oxygens (including phenoxy) is 3. The molecule has 0 saturated heterocycles. The van der Waals surface area contributed by atoms with Crippen LogP contribution in [0.3, 0.4) is 0 Å². The molecule has 6 nitrogen and oxygen atoms in total. The van der Waals surface area contributed by atoms with E-state index in [0.717, 1.165) is 22.5 Å². The van der Waals surface area contributed by atoms with Gasteiger partial charge in [-0.1, -0.05) is 83.3 Å². The van der Waals surface area contributed by atoms with Crippen molar-refractivity contribution in [1.82, 2.24) is 0 Å². The standard InChI is InChI=1S/C32H19Cl3N2O4S/c33-19-12-24(34)28-26(13-19)42-30(29(28)35)32(38)40-21-10-11-22-25(14-21)41-31(37)23(15-36)27(22)18-6-8-20(9-7-18)39-16-17-4-2-1-3-5-17/h1-14,27H,16,37H2. The Hall–Kier alpha value is -4.19. The predicted molar refractivity (Wildman–Crippen MR) is 165 cm³/mol. The van der Waals surface area contributed by atoms with Crippen molar-refractivity contribution in [3.8, 4) is 23.3 Å². The summed E-state index contributed by atoms with van der Waals surface area (Å²) in [5.41, 5.74) is 9.02. The maximum atomic E-state index is 13.1. The second-order valence-electron chi connectivity index (χ2n) is 9.36. The Balaban J connectivity index is 1.26. The largest absolute Gasteiger partial charge is 0.489 e. The van der Waals surface area contributed by atoms with Crippen LogP contribution in [-0.4, -0.2) is 5.97 Å². The molecule has 1 aliphatic heterocycles. The molecule has 0 radical (unpaired) electrons. The number of carbonyl (C=O) groups is 1. The highest BCUT2D eigenvalue weighted by Gasteiger charge is 2.31. The van der Waals surface area contributed by atoms with Gasteiger partial charge in [-0.2, -0.15) is 5.26 Å². The number of halogens is 3. The number of benzene rings is 4. The van der Waals surface area contributed by atoms with Gasteiger partial charge >= 0.3 is 5.97 Å². The molecule has 10 heteroatoms. The smallest absolute Gasteiger partial charge is 0.355 e. The van der Waals surface area contributed by atoms with Crippen LogP contribution < -0.4 is 19.9 Å². The van der Waals surface area contributed by atoms with Crippen molar-refractivity contribution < 1.29 is 19.0 Å². The van der Waals surface area contributed by atoms with Crippen molar-refractivity contribution in [2.24, 2.45) is 5.73 Å². The van der Waals surface area contributed by atoms with Gasteiger partial charge in [0.25, 0.3) is 0 Å². The third kappa shape index (κ3) is 5.38. The number of thiophene rings is 1. The Bertz CT molecular complexity index is 1910. The molecular formula is C32H19Cl3N2O4S. The Kier molecular flexibility index (Phi) is 7.72. The lowest BCUT2D eigenvalue weighted by Gasteiger charge is -2.26. The maximum Gasteiger partial charge on any atom is 0.355 e. The van der Waals surface area contributed by atoms with Gasteiger partial charge in [0.1, 0.15) is 40.4 Å². The van der Waals surface area contributed by atoms with E-state index in [9.17, 15) is 10.1 Å². The topological polar surface area (TPSA) is 94.6 Å². The van der Waals surface area contributed by atoms with Gasteiger partial charge in [0, 0.05) is 26.7 Å². The molecule has 4 aromatic carbocycles. The van der Waals surface area contributed by atoms with Crippen LogP contribution in [0.4, 0.5) is 0 Å². The van der Waals surface area contributed by atoms with Gasteiger partial charge in [0.2, 0.25) is 5.88 Å². The fraction of sp³-hybridized carbons (Fsp3) is 0.0625. The van der Waals surface area contributed by atoms with Gasteiger partial charge in [-0.15, -0.1) is 11.3 Å². The number of esters is 1. The summed E-state index contributed by atoms with van der Waals surface area (Å²) in [5.74, 6) is 0.0955. The summed E-state index contributed by atoms with van der Waals surface area (Å²) in [6.07, 6.45) is 0. The zero-order valence-electron chi connectivity index (χ0n) is 21.6. The van der Waals surface area contributed by atoms with E-state index < -0.39 is 11.9 Å². The van der Waals surface area contributed by atoms with Crippen molar-refractivity contribution in [2.45, 2.75) is 12.5 Å². The zero-order valence-corrected chi connectivity index (χ0v) is 24.7. The first-order chi connectivity index (χ1) is 20.3. The Morgan fingerprint density at radius 3 is 2.45 bits per heavy atom. The minimum atomic E-state index is -0.659. The SMILES string of the molecule is N#CC1=C(N)Oc2cc(OC(=O)c3sc4cc(Cl)cc(Cl)c4c3Cl)ccc2C1c1ccc(OCc2ccccc2)cc1. The van der Waals surface area contributed by atoms with Gasteiger partial charge in [0.05, 0.1) is 16.0 Å². The third-order valence-electron chi connectivity index (χ3n) is 6.70. The zero-order chi connectivity index (χ0) is 29.4. The lowest BCUT2D eigenvalue weighted by Crippen LogP contribution is -2.21. The van der Waals surface area contributed by atoms with Crippen molar-refractivity contribution >= 4 is 62.2 Å². The number of nitrogens with two attached hydrogens (primary N) is 1. The highest BCUT2D eigenvalue weighted by molar-refractivity contribution is 7.21. The minimum absolute atomic E-state index is 0.0260. The summed E-state index contributed by atoms with van der Waals surface area (Å²) in [6, 6.07) is 27.7. The molecule has 0 saturated carbocycles. The molecule has 0 amide bonds. The van der Waals surface area contributed by atoms with Crippen LogP contribution in [0.2, 0.25) is 15.1 Å². The van der Waals surface area contributed by atoms with E-state index in [2.05, 4.69) is 6.07 Å². The number of allylic oxidation sites excluding steroid dienone is 1. The van der Waals surface area contributed by atoms with E-state index in [1.165, 1.54) is 0 Å². The first kappa shape index (κ1) is 28.0. The summed E-state index contributed by atoms with van der Waals surface area (Å²) in [5, 5.41) is 11.4. The van der Waals surface area contributed by atoms with E-state index in [1.54, 1.807) is 30.3 Å². The van der Waals surface area contributed by atoms with Crippen molar-refractivity contribution in [1.29, 1.82) is 5.26 Å². The minimum Gasteiger partial charge on any atom is -0.489 e. The first-order valence-electron chi connectivity index (χ1n) is 12.6. The molecule has 42 heavy (non-hydrogen) atoms. The summed E-state index contributed by atoms with van der Waals surface area (Å²) in [7, 11) is 0. The summed E-state index contributed by atoms with van der Waals surface area (Å²) in [4.78, 5) is 13.3. The molecule has 6 rings (SSSR count). The second-order valence-corrected chi connectivity index (χ2v) is 11.6. The highest BCUT2D eigenvalue weighted by atomic mass is 35.5. The third-order valence-corrected chi connectivity index (χ3v) is 8.82. The maximum absolute atomic E-state index is 13.1. The highest BCUT2D eigenvalue weighted by Crippen LogP contribution is 2.45. The van der Waals surface area contributed by atoms with Crippen LogP contribution in [0.1, 0.15) is 32.3 Å². The van der Waals surface area contributed by atoms with Crippen LogP contribution in [0.25, 0.3) is 10.1 Å². The van der Waals surface area contributed by atoms with Crippen LogP contribution in [-0.2, 0) is 6.61 Å². The summed E-state index contributed by atoms with van der Waals surface area (Å²) < 4.78 is 18.0. The average molecular weight is 634 g/mol. The van der Waals surface area contributed by atoms with E-state index in [-0.39, 0.29) is 27.1 Å². The van der Waals surface area contributed by atoms with E-state index >= 15 is 0 Å². The molecule has 208 valence electrons. The predicted octanol–water partition coefficient (Wildman–Crippen LogP) is 8.88. The van der Waals surface area contributed by atoms with Gasteiger partial charge in [-0.25, -0.2) is 4.79 Å². The van der Waals surface area contributed by atoms with Gasteiger partial charge in [-0.3, -0.25) is 0 Å². The Morgan fingerprint density at radius 1 is 0.976 bits per heavy atom. The molecule has 0 fully saturated rings. The normalized spacial score (nSPS) is 14.2. The number of nitriles is 1. The lowest BCUT2D eigenvalue weighted by atomic mass is 9.83. The molecule has 2 heterocycles. The molecule has 0 spiro atoms. The quantitative estimate of drug-likeness (QED) is 0.148. The lowest BCUT2D eigenvalue weighted by molar-refractivity contribution is 0.0740. The molecule has 1 atom stereocenters. The van der Waals surface area contributed by atoms with Gasteiger partial charge in [-0.05, 0) is 41.5 Å². The number of hydrogen-bond acceptors (Lipinski definition) is 7. The van der Waals surface area contributed by atoms with Crippen molar-refractivity contribution in [2.75, 3.05) is 0 Å². The molecule has 0 aliphatic carbocycles. The molecule has 1 aromatic heterocycles. The monoisotopic (exact) mass is 632 g/mol. The molecular weight excluding hydrogens is 615 g/mol. The number of hydrogen-bond donors (Lipinski definition) is 1. The van der Waals surface area contributed by atoms with Gasteiger partial charge < -0.3 is 19.9 Å². The number of rotatable bonds is 6. The van der Waals surface area contributed by atoms with Crippen LogP contribution in [0, 0.1) is 11.3 Å². The van der Waals surface area contributed by atoms with Crippen molar-refractivity contribution in [3.63, 3.8) is 0 Å². The average Bonchev–Trinajstić information content (AvgIpc) is 3.32. The molecule has 0 bridgehead atoms. The Morgan fingerprint density at radius 2 is 1.71 bits per heavy atom. The van der Waals surface area contributed by atoms with E-state index in [1.807, 2.05) is 54.6 Å². The number of carbonyl (C=O) groups excluding carboxylic acids is 1. The molecule has 1 unspecified atom stereocenters. The fourth-order valence-corrected chi connectivity index (χ4v) is 6.98. The van der Waals surface area contributed by atoms with E-state index in [0.29, 0.717) is 43.8 Å². The van der Waals surface area contributed by atoms with Gasteiger partial charge in [0.15, 0.2) is 0 Å². The van der Waals surface area contributed by atoms with Crippen LogP contribution in [0.15, 0.2) is 96.4 Å². The van der Waals surface area contributed by atoms with E-state index in [4.69, 9.17) is 54.7 Å². The molecule has 2 N–H and O–H groups in total. The first-order valence-corrected chi connectivity index (χ1v) is 14.5.